The number of amides is 1. The zero-order valence-corrected chi connectivity index (χ0v) is 12.8. The fourth-order valence-corrected chi connectivity index (χ4v) is 3.12. The van der Waals surface area contributed by atoms with Crippen LogP contribution >= 0.6 is 11.3 Å². The molecule has 1 heterocycles. The van der Waals surface area contributed by atoms with Crippen LogP contribution in [-0.2, 0) is 0 Å². The van der Waals surface area contributed by atoms with Gasteiger partial charge < -0.3 is 10.4 Å². The molecule has 0 radical (unpaired) electrons. The van der Waals surface area contributed by atoms with Gasteiger partial charge in [0.2, 0.25) is 0 Å². The summed E-state index contributed by atoms with van der Waals surface area (Å²) in [6.07, 6.45) is -0.00303. The molecule has 3 nitrogen and oxygen atoms in total. The maximum absolute atomic E-state index is 12.2. The second-order valence-electron chi connectivity index (χ2n) is 5.14. The largest absolute Gasteiger partial charge is 0.388 e. The summed E-state index contributed by atoms with van der Waals surface area (Å²) in [5.41, 5.74) is 0.643. The molecule has 22 heavy (non-hydrogen) atoms. The van der Waals surface area contributed by atoms with Crippen LogP contribution in [0.3, 0.4) is 0 Å². The average Bonchev–Trinajstić information content (AvgIpc) is 3.08. The van der Waals surface area contributed by atoms with E-state index in [0.29, 0.717) is 18.5 Å². The van der Waals surface area contributed by atoms with E-state index >= 15 is 0 Å². The van der Waals surface area contributed by atoms with Gasteiger partial charge in [0, 0.05) is 17.0 Å². The van der Waals surface area contributed by atoms with Gasteiger partial charge in [-0.1, -0.05) is 36.4 Å². The number of rotatable bonds is 5. The van der Waals surface area contributed by atoms with Gasteiger partial charge in [-0.2, -0.15) is 0 Å². The zero-order valence-electron chi connectivity index (χ0n) is 12.0. The van der Waals surface area contributed by atoms with Crippen molar-refractivity contribution in [3.63, 3.8) is 0 Å². The molecule has 1 atom stereocenters. The number of fused-ring (bicyclic) bond motifs is 1. The number of hydrogen-bond acceptors (Lipinski definition) is 3. The number of carbonyl (C=O) groups excluding carboxylic acids is 1. The third kappa shape index (κ3) is 3.35. The maximum atomic E-state index is 12.2. The first kappa shape index (κ1) is 14.8. The standard InChI is InChI=1S/C18H17NO2S/c20-16(17-6-3-11-22-17)9-10-19-18(21)15-8-7-13-4-1-2-5-14(13)12-15/h1-8,11-12,16,20H,9-10H2,(H,19,21). The van der Waals surface area contributed by atoms with Crippen molar-refractivity contribution in [2.75, 3.05) is 6.54 Å². The van der Waals surface area contributed by atoms with E-state index in [1.165, 1.54) is 11.3 Å². The van der Waals surface area contributed by atoms with Crippen LogP contribution in [0.25, 0.3) is 10.8 Å². The van der Waals surface area contributed by atoms with Gasteiger partial charge in [-0.3, -0.25) is 4.79 Å². The summed E-state index contributed by atoms with van der Waals surface area (Å²) in [5, 5.41) is 17.0. The number of thiophene rings is 1. The molecule has 0 saturated carbocycles. The van der Waals surface area contributed by atoms with Gasteiger partial charge in [-0.25, -0.2) is 0 Å². The molecule has 2 aromatic carbocycles. The summed E-state index contributed by atoms with van der Waals surface area (Å²) in [6.45, 7) is 0.449. The third-order valence-electron chi connectivity index (χ3n) is 3.59. The first-order chi connectivity index (χ1) is 10.7. The van der Waals surface area contributed by atoms with Crippen LogP contribution < -0.4 is 5.32 Å². The summed E-state index contributed by atoms with van der Waals surface area (Å²) in [7, 11) is 0. The summed E-state index contributed by atoms with van der Waals surface area (Å²) in [6, 6.07) is 17.4. The normalized spacial score (nSPS) is 12.2. The summed E-state index contributed by atoms with van der Waals surface area (Å²) >= 11 is 1.52. The molecule has 1 aromatic heterocycles. The molecule has 1 amide bonds. The second-order valence-corrected chi connectivity index (χ2v) is 6.12. The maximum Gasteiger partial charge on any atom is 0.251 e. The highest BCUT2D eigenvalue weighted by molar-refractivity contribution is 7.10. The van der Waals surface area contributed by atoms with Crippen LogP contribution in [0, 0.1) is 0 Å². The highest BCUT2D eigenvalue weighted by Gasteiger charge is 2.10. The topological polar surface area (TPSA) is 49.3 Å². The van der Waals surface area contributed by atoms with Crippen LogP contribution in [-0.4, -0.2) is 17.6 Å². The third-order valence-corrected chi connectivity index (χ3v) is 4.56. The Balaban J connectivity index is 1.59. The van der Waals surface area contributed by atoms with E-state index in [1.807, 2.05) is 60.0 Å². The van der Waals surface area contributed by atoms with Gasteiger partial charge in [0.25, 0.3) is 5.91 Å². The van der Waals surface area contributed by atoms with Crippen molar-refractivity contribution in [2.45, 2.75) is 12.5 Å². The van der Waals surface area contributed by atoms with E-state index < -0.39 is 6.10 Å². The average molecular weight is 311 g/mol. The molecule has 4 heteroatoms. The molecule has 0 aliphatic rings. The van der Waals surface area contributed by atoms with Crippen molar-refractivity contribution in [3.8, 4) is 0 Å². The van der Waals surface area contributed by atoms with Gasteiger partial charge in [0.05, 0.1) is 6.10 Å². The molecule has 2 N–H and O–H groups in total. The predicted octanol–water partition coefficient (Wildman–Crippen LogP) is 3.75. The lowest BCUT2D eigenvalue weighted by atomic mass is 10.1. The van der Waals surface area contributed by atoms with Crippen molar-refractivity contribution >= 4 is 28.0 Å². The number of aliphatic hydroxyl groups is 1. The molecule has 3 rings (SSSR count). The number of nitrogens with one attached hydrogen (secondary N) is 1. The smallest absolute Gasteiger partial charge is 0.251 e. The second kappa shape index (κ2) is 6.73. The van der Waals surface area contributed by atoms with Crippen LogP contribution in [0.4, 0.5) is 0 Å². The van der Waals surface area contributed by atoms with Crippen molar-refractivity contribution < 1.29 is 9.90 Å². The molecule has 0 saturated heterocycles. The van der Waals surface area contributed by atoms with Crippen molar-refractivity contribution in [1.29, 1.82) is 0 Å². The minimum Gasteiger partial charge on any atom is -0.388 e. The Hall–Kier alpha value is -2.17. The van der Waals surface area contributed by atoms with Crippen LogP contribution in [0.15, 0.2) is 60.0 Å². The Labute approximate surface area is 133 Å². The molecule has 3 aromatic rings. The van der Waals surface area contributed by atoms with Crippen LogP contribution in [0.5, 0.6) is 0 Å². The predicted molar refractivity (Wildman–Crippen MR) is 90.2 cm³/mol. The van der Waals surface area contributed by atoms with Gasteiger partial charge in [0.1, 0.15) is 0 Å². The van der Waals surface area contributed by atoms with Crippen LogP contribution in [0.2, 0.25) is 0 Å². The Morgan fingerprint density at radius 1 is 1.09 bits per heavy atom. The molecular formula is C18H17NO2S. The lowest BCUT2D eigenvalue weighted by Crippen LogP contribution is -2.25. The Bertz CT molecular complexity index is 768. The van der Waals surface area contributed by atoms with E-state index in [4.69, 9.17) is 0 Å². The van der Waals surface area contributed by atoms with Gasteiger partial charge in [-0.05, 0) is 40.8 Å². The fourth-order valence-electron chi connectivity index (χ4n) is 2.38. The molecule has 1 unspecified atom stereocenters. The van der Waals surface area contributed by atoms with Crippen LogP contribution in [0.1, 0.15) is 27.8 Å². The highest BCUT2D eigenvalue weighted by Crippen LogP contribution is 2.21. The van der Waals surface area contributed by atoms with Crippen molar-refractivity contribution in [1.82, 2.24) is 5.32 Å². The molecule has 0 bridgehead atoms. The monoisotopic (exact) mass is 311 g/mol. The first-order valence-electron chi connectivity index (χ1n) is 7.22. The van der Waals surface area contributed by atoms with E-state index in [-0.39, 0.29) is 5.91 Å². The molecule has 0 aliphatic heterocycles. The Morgan fingerprint density at radius 2 is 1.91 bits per heavy atom. The quantitative estimate of drug-likeness (QED) is 0.754. The molecule has 0 fully saturated rings. The van der Waals surface area contributed by atoms with E-state index in [9.17, 15) is 9.90 Å². The lowest BCUT2D eigenvalue weighted by Gasteiger charge is -2.10. The first-order valence-corrected chi connectivity index (χ1v) is 8.10. The minimum atomic E-state index is -0.517. The summed E-state index contributed by atoms with van der Waals surface area (Å²) in [4.78, 5) is 13.1. The van der Waals surface area contributed by atoms with Gasteiger partial charge >= 0.3 is 0 Å². The number of hydrogen-bond donors (Lipinski definition) is 2. The Kier molecular flexibility index (Phi) is 4.51. The number of benzene rings is 2. The van der Waals surface area contributed by atoms with Crippen molar-refractivity contribution in [2.24, 2.45) is 0 Å². The SMILES string of the molecule is O=C(NCCC(O)c1cccs1)c1ccc2ccccc2c1. The minimum absolute atomic E-state index is 0.107. The molecule has 0 aliphatic carbocycles. The zero-order chi connectivity index (χ0) is 15.4. The number of carbonyl (C=O) groups is 1. The highest BCUT2D eigenvalue weighted by atomic mass is 32.1. The lowest BCUT2D eigenvalue weighted by molar-refractivity contribution is 0.0943. The summed E-state index contributed by atoms with van der Waals surface area (Å²) in [5.74, 6) is -0.107. The van der Waals surface area contributed by atoms with Gasteiger partial charge in [-0.15, -0.1) is 11.3 Å². The van der Waals surface area contributed by atoms with E-state index in [1.54, 1.807) is 0 Å². The number of aliphatic hydroxyl groups excluding tert-OH is 1. The Morgan fingerprint density at radius 3 is 2.68 bits per heavy atom. The van der Waals surface area contributed by atoms with E-state index in [0.717, 1.165) is 15.6 Å². The fraction of sp³-hybridized carbons (Fsp3) is 0.167. The molecular weight excluding hydrogens is 294 g/mol. The van der Waals surface area contributed by atoms with Gasteiger partial charge in [0.15, 0.2) is 0 Å². The van der Waals surface area contributed by atoms with Crippen molar-refractivity contribution in [3.05, 3.63) is 70.4 Å². The summed E-state index contributed by atoms with van der Waals surface area (Å²) < 4.78 is 0. The molecule has 112 valence electrons. The van der Waals surface area contributed by atoms with E-state index in [2.05, 4.69) is 5.32 Å². The molecule has 0 spiro atoms.